The van der Waals surface area contributed by atoms with Crippen molar-refractivity contribution in [3.8, 4) is 0 Å². The Morgan fingerprint density at radius 2 is 2.04 bits per heavy atom. The van der Waals surface area contributed by atoms with Gasteiger partial charge in [-0.25, -0.2) is 9.18 Å². The highest BCUT2D eigenvalue weighted by atomic mass is 19.1. The average Bonchev–Trinajstić information content (AvgIpc) is 2.94. The summed E-state index contributed by atoms with van der Waals surface area (Å²) < 4.78 is 13.3. The summed E-state index contributed by atoms with van der Waals surface area (Å²) in [5.41, 5.74) is 0.328. The fourth-order valence-corrected chi connectivity index (χ4v) is 4.14. The van der Waals surface area contributed by atoms with E-state index in [4.69, 9.17) is 0 Å². The van der Waals surface area contributed by atoms with E-state index in [0.29, 0.717) is 12.0 Å². The van der Waals surface area contributed by atoms with E-state index in [1.165, 1.54) is 23.1 Å². The molecule has 2 aliphatic rings. The molecule has 1 aliphatic carbocycles. The minimum Gasteiger partial charge on any atom is -0.480 e. The van der Waals surface area contributed by atoms with Gasteiger partial charge in [-0.3, -0.25) is 4.79 Å². The summed E-state index contributed by atoms with van der Waals surface area (Å²) in [5.74, 6) is -1.60. The zero-order valence-electron chi connectivity index (χ0n) is 13.4. The van der Waals surface area contributed by atoms with Crippen LogP contribution in [0.5, 0.6) is 0 Å². The van der Waals surface area contributed by atoms with E-state index < -0.39 is 23.9 Å². The topological polar surface area (TPSA) is 77.8 Å². The lowest BCUT2D eigenvalue weighted by Crippen LogP contribution is -2.46. The highest BCUT2D eigenvalue weighted by Crippen LogP contribution is 2.40. The van der Waals surface area contributed by atoms with Gasteiger partial charge >= 0.3 is 5.97 Å². The van der Waals surface area contributed by atoms with Gasteiger partial charge in [0, 0.05) is 6.04 Å². The molecule has 1 amide bonds. The van der Waals surface area contributed by atoms with Gasteiger partial charge < -0.3 is 15.1 Å². The summed E-state index contributed by atoms with van der Waals surface area (Å²) in [6, 6.07) is 4.64. The summed E-state index contributed by atoms with van der Waals surface area (Å²) in [6.07, 6.45) is 2.95. The quantitative estimate of drug-likeness (QED) is 0.886. The molecule has 3 rings (SSSR count). The van der Waals surface area contributed by atoms with Crippen molar-refractivity contribution in [2.45, 2.75) is 56.7 Å². The van der Waals surface area contributed by atoms with E-state index in [9.17, 15) is 24.2 Å². The standard InChI is InChI=1S/C18H22FNO4/c19-13-6-3-5-12(8-13)16(21)10-17(22)20-14-7-2-1-4-11(14)9-15(20)18(23)24/h3,5-6,8,11,14-16,21H,1-2,4,7,9-10H2,(H,23,24)/t11-,14+,15-,16+/m0/s1. The molecular weight excluding hydrogens is 313 g/mol. The first kappa shape index (κ1) is 16.9. The second kappa shape index (κ2) is 6.89. The number of carbonyl (C=O) groups excluding carboxylic acids is 1. The lowest BCUT2D eigenvalue weighted by Gasteiger charge is -2.33. The minimum atomic E-state index is -1.13. The number of halogens is 1. The Balaban J connectivity index is 1.75. The van der Waals surface area contributed by atoms with Crippen molar-refractivity contribution in [1.82, 2.24) is 4.90 Å². The number of amides is 1. The predicted octanol–water partition coefficient (Wildman–Crippen LogP) is 2.49. The van der Waals surface area contributed by atoms with Crippen molar-refractivity contribution >= 4 is 11.9 Å². The molecule has 0 unspecified atom stereocenters. The third-order valence-corrected chi connectivity index (χ3v) is 5.26. The molecule has 6 heteroatoms. The van der Waals surface area contributed by atoms with E-state index in [1.54, 1.807) is 6.07 Å². The number of aliphatic hydroxyl groups is 1. The number of carbonyl (C=O) groups is 2. The molecule has 130 valence electrons. The van der Waals surface area contributed by atoms with Crippen LogP contribution in [0.1, 0.15) is 50.2 Å². The Kier molecular flexibility index (Phi) is 4.85. The zero-order chi connectivity index (χ0) is 17.3. The summed E-state index contributed by atoms with van der Waals surface area (Å²) in [5, 5.41) is 19.7. The molecule has 1 saturated heterocycles. The van der Waals surface area contributed by atoms with E-state index in [2.05, 4.69) is 0 Å². The zero-order valence-corrected chi connectivity index (χ0v) is 13.4. The van der Waals surface area contributed by atoms with Gasteiger partial charge in [0.2, 0.25) is 5.91 Å². The number of aliphatic hydroxyl groups excluding tert-OH is 1. The molecule has 0 radical (unpaired) electrons. The van der Waals surface area contributed by atoms with Gasteiger partial charge in [-0.2, -0.15) is 0 Å². The van der Waals surface area contributed by atoms with Crippen LogP contribution in [0.2, 0.25) is 0 Å². The van der Waals surface area contributed by atoms with Crippen LogP contribution < -0.4 is 0 Å². The molecule has 4 atom stereocenters. The van der Waals surface area contributed by atoms with E-state index in [1.807, 2.05) is 0 Å². The van der Waals surface area contributed by atoms with Gasteiger partial charge in [-0.05, 0) is 42.9 Å². The smallest absolute Gasteiger partial charge is 0.326 e. The fourth-order valence-electron chi connectivity index (χ4n) is 4.14. The number of carboxylic acid groups (broad SMARTS) is 1. The Hall–Kier alpha value is -1.95. The van der Waals surface area contributed by atoms with Crippen LogP contribution in [0, 0.1) is 11.7 Å². The Morgan fingerprint density at radius 1 is 1.29 bits per heavy atom. The first-order chi connectivity index (χ1) is 11.5. The first-order valence-electron chi connectivity index (χ1n) is 8.45. The number of benzene rings is 1. The third kappa shape index (κ3) is 3.29. The number of nitrogens with zero attached hydrogens (tertiary/aromatic N) is 1. The molecule has 2 N–H and O–H groups in total. The maximum absolute atomic E-state index is 13.3. The number of aliphatic carboxylic acids is 1. The van der Waals surface area contributed by atoms with Gasteiger partial charge in [-0.15, -0.1) is 0 Å². The maximum atomic E-state index is 13.3. The Morgan fingerprint density at radius 3 is 2.75 bits per heavy atom. The van der Waals surface area contributed by atoms with Crippen LogP contribution in [0.3, 0.4) is 0 Å². The highest BCUT2D eigenvalue weighted by molar-refractivity contribution is 5.85. The second-order valence-corrected chi connectivity index (χ2v) is 6.78. The normalized spacial score (nSPS) is 27.6. The van der Waals surface area contributed by atoms with Gasteiger partial charge in [0.05, 0.1) is 12.5 Å². The van der Waals surface area contributed by atoms with Crippen molar-refractivity contribution in [2.24, 2.45) is 5.92 Å². The van der Waals surface area contributed by atoms with Crippen molar-refractivity contribution in [1.29, 1.82) is 0 Å². The van der Waals surface area contributed by atoms with Crippen LogP contribution in [0.15, 0.2) is 24.3 Å². The SMILES string of the molecule is O=C(O)[C@@H]1C[C@@H]2CCCC[C@H]2N1C(=O)C[C@@H](O)c1cccc(F)c1. The average molecular weight is 335 g/mol. The highest BCUT2D eigenvalue weighted by Gasteiger charge is 2.47. The summed E-state index contributed by atoms with van der Waals surface area (Å²) in [7, 11) is 0. The van der Waals surface area contributed by atoms with Gasteiger partial charge in [0.15, 0.2) is 0 Å². The van der Waals surface area contributed by atoms with Gasteiger partial charge in [-0.1, -0.05) is 25.0 Å². The van der Waals surface area contributed by atoms with Crippen molar-refractivity contribution in [3.63, 3.8) is 0 Å². The largest absolute Gasteiger partial charge is 0.480 e. The monoisotopic (exact) mass is 335 g/mol. The van der Waals surface area contributed by atoms with Gasteiger partial charge in [0.1, 0.15) is 11.9 Å². The van der Waals surface area contributed by atoms with E-state index in [0.717, 1.165) is 25.7 Å². The Bertz CT molecular complexity index is 635. The summed E-state index contributed by atoms with van der Waals surface area (Å²) >= 11 is 0. The molecule has 0 aromatic heterocycles. The molecule has 2 fully saturated rings. The maximum Gasteiger partial charge on any atom is 0.326 e. The lowest BCUT2D eigenvalue weighted by atomic mass is 9.84. The Labute approximate surface area is 140 Å². The summed E-state index contributed by atoms with van der Waals surface area (Å²) in [6.45, 7) is 0. The molecule has 1 aromatic carbocycles. The number of hydrogen-bond acceptors (Lipinski definition) is 3. The number of fused-ring (bicyclic) bond motifs is 1. The van der Waals surface area contributed by atoms with Crippen LogP contribution in [-0.4, -0.2) is 39.1 Å². The van der Waals surface area contributed by atoms with Crippen LogP contribution in [-0.2, 0) is 9.59 Å². The molecule has 1 saturated carbocycles. The fraction of sp³-hybridized carbons (Fsp3) is 0.556. The van der Waals surface area contributed by atoms with Crippen LogP contribution in [0.4, 0.5) is 4.39 Å². The molecule has 24 heavy (non-hydrogen) atoms. The summed E-state index contributed by atoms with van der Waals surface area (Å²) in [4.78, 5) is 25.7. The lowest BCUT2D eigenvalue weighted by molar-refractivity contribution is -0.150. The molecule has 1 heterocycles. The van der Waals surface area contributed by atoms with Crippen molar-refractivity contribution in [2.75, 3.05) is 0 Å². The van der Waals surface area contributed by atoms with Crippen molar-refractivity contribution < 1.29 is 24.2 Å². The predicted molar refractivity (Wildman–Crippen MR) is 84.6 cm³/mol. The number of rotatable bonds is 4. The number of hydrogen-bond donors (Lipinski definition) is 2. The van der Waals surface area contributed by atoms with Crippen molar-refractivity contribution in [3.05, 3.63) is 35.6 Å². The third-order valence-electron chi connectivity index (χ3n) is 5.26. The second-order valence-electron chi connectivity index (χ2n) is 6.78. The molecule has 0 bridgehead atoms. The van der Waals surface area contributed by atoms with Gasteiger partial charge in [0.25, 0.3) is 0 Å². The molecule has 0 spiro atoms. The molecule has 5 nitrogen and oxygen atoms in total. The molecular formula is C18H22FNO4. The van der Waals surface area contributed by atoms with Crippen LogP contribution in [0.25, 0.3) is 0 Å². The molecule has 1 aliphatic heterocycles. The van der Waals surface area contributed by atoms with E-state index in [-0.39, 0.29) is 24.3 Å². The number of carboxylic acids is 1. The first-order valence-corrected chi connectivity index (χ1v) is 8.45. The van der Waals surface area contributed by atoms with Crippen LogP contribution >= 0.6 is 0 Å². The minimum absolute atomic E-state index is 0.0490. The molecule has 1 aromatic rings. The number of likely N-dealkylation sites (tertiary alicyclic amines) is 1. The van der Waals surface area contributed by atoms with E-state index >= 15 is 0 Å².